The van der Waals surface area contributed by atoms with Gasteiger partial charge in [0.05, 0.1) is 9.50 Å². The molecule has 0 spiro atoms. The van der Waals surface area contributed by atoms with E-state index in [9.17, 15) is 9.18 Å². The van der Waals surface area contributed by atoms with Crippen molar-refractivity contribution in [3.8, 4) is 0 Å². The van der Waals surface area contributed by atoms with Crippen molar-refractivity contribution in [2.75, 3.05) is 31.1 Å². The predicted molar refractivity (Wildman–Crippen MR) is 119 cm³/mol. The fraction of sp³-hybridized carbons (Fsp3) is 0.550. The minimum absolute atomic E-state index is 0.0189. The van der Waals surface area contributed by atoms with Crippen molar-refractivity contribution < 1.29 is 13.9 Å². The van der Waals surface area contributed by atoms with Crippen LogP contribution in [0.4, 0.5) is 15.0 Å². The second-order valence-corrected chi connectivity index (χ2v) is 10.4. The first-order valence-corrected chi connectivity index (χ1v) is 11.3. The summed E-state index contributed by atoms with van der Waals surface area (Å²) >= 11 is 15.4. The molecule has 4 rings (SSSR count). The zero-order valence-corrected chi connectivity index (χ0v) is 20.0. The van der Waals surface area contributed by atoms with E-state index >= 15 is 0 Å². The van der Waals surface area contributed by atoms with Gasteiger partial charge in [-0.3, -0.25) is 0 Å². The highest BCUT2D eigenvalue weighted by atomic mass is 79.9. The van der Waals surface area contributed by atoms with Gasteiger partial charge >= 0.3 is 6.09 Å². The summed E-state index contributed by atoms with van der Waals surface area (Å²) in [5.74, 6) is 0.667. The van der Waals surface area contributed by atoms with E-state index in [0.29, 0.717) is 36.8 Å². The van der Waals surface area contributed by atoms with Gasteiger partial charge in [0.1, 0.15) is 16.9 Å². The molecular weight excluding hydrogens is 498 g/mol. The van der Waals surface area contributed by atoms with Crippen LogP contribution in [0.25, 0.3) is 10.9 Å². The Hall–Kier alpha value is -1.38. The maximum atomic E-state index is 14.7. The number of piperidine rings is 1. The third kappa shape index (κ3) is 4.18. The summed E-state index contributed by atoms with van der Waals surface area (Å²) in [4.78, 5) is 24.8. The Morgan fingerprint density at radius 2 is 1.93 bits per heavy atom. The maximum absolute atomic E-state index is 14.7. The van der Waals surface area contributed by atoms with E-state index in [0.717, 1.165) is 13.0 Å². The van der Waals surface area contributed by atoms with Crippen LogP contribution in [-0.4, -0.2) is 52.7 Å². The van der Waals surface area contributed by atoms with Crippen molar-refractivity contribution in [2.24, 2.45) is 11.8 Å². The molecule has 0 radical (unpaired) electrons. The van der Waals surface area contributed by atoms with Gasteiger partial charge in [-0.15, -0.1) is 0 Å². The van der Waals surface area contributed by atoms with Crippen molar-refractivity contribution in [1.82, 2.24) is 14.9 Å². The van der Waals surface area contributed by atoms with Crippen LogP contribution < -0.4 is 4.90 Å². The smallest absolute Gasteiger partial charge is 0.410 e. The number of rotatable bonds is 1. The van der Waals surface area contributed by atoms with E-state index in [1.54, 1.807) is 11.0 Å². The van der Waals surface area contributed by atoms with Gasteiger partial charge in [-0.05, 0) is 72.6 Å². The summed E-state index contributed by atoms with van der Waals surface area (Å²) in [7, 11) is 0. The van der Waals surface area contributed by atoms with Crippen LogP contribution in [0.5, 0.6) is 0 Å². The summed E-state index contributed by atoms with van der Waals surface area (Å²) < 4.78 is 20.4. The molecule has 3 heterocycles. The molecule has 2 aliphatic rings. The highest BCUT2D eigenvalue weighted by Crippen LogP contribution is 2.39. The van der Waals surface area contributed by atoms with Gasteiger partial charge < -0.3 is 14.5 Å². The normalized spacial score (nSPS) is 21.8. The van der Waals surface area contributed by atoms with Crippen LogP contribution in [0.3, 0.4) is 0 Å². The van der Waals surface area contributed by atoms with Gasteiger partial charge in [-0.2, -0.15) is 4.98 Å². The Morgan fingerprint density at radius 1 is 1.23 bits per heavy atom. The van der Waals surface area contributed by atoms with Gasteiger partial charge in [0.15, 0.2) is 5.82 Å². The first-order chi connectivity index (χ1) is 14.0. The third-order valence-electron chi connectivity index (χ3n) is 5.53. The van der Waals surface area contributed by atoms with E-state index in [1.165, 1.54) is 0 Å². The van der Waals surface area contributed by atoms with Crippen LogP contribution >= 0.6 is 39.1 Å². The number of likely N-dealkylation sites (tertiary alicyclic amines) is 1. The first kappa shape index (κ1) is 21.8. The molecule has 2 saturated heterocycles. The lowest BCUT2D eigenvalue weighted by Crippen LogP contribution is -2.40. The predicted octanol–water partition coefficient (Wildman–Crippen LogP) is 5.53. The second-order valence-electron chi connectivity index (χ2n) is 8.84. The number of aromatic nitrogens is 2. The Bertz CT molecular complexity index is 1020. The molecule has 0 N–H and O–H groups in total. The van der Waals surface area contributed by atoms with Crippen molar-refractivity contribution in [2.45, 2.75) is 32.8 Å². The standard InChI is InChI=1S/C20H22BrCl2FN4O2/c1-20(2,3)30-19(29)28-7-10-4-5-27(8-11(10)9-28)17-12-6-13(22)14(21)15(24)16(12)25-18(23)26-17/h6,10-11H,4-5,7-9H2,1-3H3. The molecule has 10 heteroatoms. The van der Waals surface area contributed by atoms with Crippen molar-refractivity contribution in [3.63, 3.8) is 0 Å². The van der Waals surface area contributed by atoms with Crippen LogP contribution in [0, 0.1) is 17.7 Å². The minimum atomic E-state index is -0.560. The zero-order valence-electron chi connectivity index (χ0n) is 16.9. The van der Waals surface area contributed by atoms with Crippen LogP contribution in [0.2, 0.25) is 10.3 Å². The Balaban J connectivity index is 1.59. The number of carbonyl (C=O) groups excluding carboxylic acids is 1. The van der Waals surface area contributed by atoms with Crippen molar-refractivity contribution in [3.05, 3.63) is 26.7 Å². The number of anilines is 1. The monoisotopic (exact) mass is 518 g/mol. The molecule has 2 atom stereocenters. The number of ether oxygens (including phenoxy) is 1. The molecule has 162 valence electrons. The van der Waals surface area contributed by atoms with E-state index in [2.05, 4.69) is 30.8 Å². The van der Waals surface area contributed by atoms with E-state index in [4.69, 9.17) is 27.9 Å². The quantitative estimate of drug-likeness (QED) is 0.366. The third-order valence-corrected chi connectivity index (χ3v) is 7.00. The van der Waals surface area contributed by atoms with Crippen LogP contribution in [-0.2, 0) is 4.74 Å². The lowest BCUT2D eigenvalue weighted by atomic mass is 9.88. The molecule has 30 heavy (non-hydrogen) atoms. The number of nitrogens with zero attached hydrogens (tertiary/aromatic N) is 4. The molecule has 0 bridgehead atoms. The number of hydrogen-bond acceptors (Lipinski definition) is 5. The largest absolute Gasteiger partial charge is 0.444 e. The highest BCUT2D eigenvalue weighted by Gasteiger charge is 2.41. The molecule has 2 fully saturated rings. The number of hydrogen-bond donors (Lipinski definition) is 0. The molecule has 0 aliphatic carbocycles. The van der Waals surface area contributed by atoms with E-state index in [1.807, 2.05) is 20.8 Å². The molecule has 6 nitrogen and oxygen atoms in total. The molecule has 2 aromatic rings. The lowest BCUT2D eigenvalue weighted by Gasteiger charge is -2.35. The molecular formula is C20H22BrCl2FN4O2. The summed E-state index contributed by atoms with van der Waals surface area (Å²) in [6.45, 7) is 8.30. The second kappa shape index (κ2) is 7.95. The molecule has 2 aliphatic heterocycles. The minimum Gasteiger partial charge on any atom is -0.444 e. The fourth-order valence-corrected chi connectivity index (χ4v) is 4.87. The summed E-state index contributed by atoms with van der Waals surface area (Å²) in [6, 6.07) is 1.66. The van der Waals surface area contributed by atoms with Crippen LogP contribution in [0.1, 0.15) is 27.2 Å². The molecule has 1 aromatic heterocycles. The molecule has 1 aromatic carbocycles. The number of carbonyl (C=O) groups is 1. The molecule has 0 saturated carbocycles. The Labute approximate surface area is 192 Å². The van der Waals surface area contributed by atoms with Gasteiger partial charge in [0, 0.05) is 31.6 Å². The fourth-order valence-electron chi connectivity index (χ4n) is 4.21. The average molecular weight is 520 g/mol. The van der Waals surface area contributed by atoms with E-state index < -0.39 is 11.4 Å². The van der Waals surface area contributed by atoms with Gasteiger partial charge in [-0.25, -0.2) is 14.2 Å². The van der Waals surface area contributed by atoms with Gasteiger partial charge in [0.2, 0.25) is 5.28 Å². The molecule has 1 amide bonds. The summed E-state index contributed by atoms with van der Waals surface area (Å²) in [6.07, 6.45) is 0.609. The highest BCUT2D eigenvalue weighted by molar-refractivity contribution is 9.10. The van der Waals surface area contributed by atoms with Gasteiger partial charge in [-0.1, -0.05) is 11.6 Å². The Kier molecular flexibility index (Phi) is 5.79. The van der Waals surface area contributed by atoms with Gasteiger partial charge in [0.25, 0.3) is 0 Å². The number of benzene rings is 1. The number of amides is 1. The Morgan fingerprint density at radius 3 is 2.63 bits per heavy atom. The zero-order chi connectivity index (χ0) is 21.8. The van der Waals surface area contributed by atoms with E-state index in [-0.39, 0.29) is 32.3 Å². The topological polar surface area (TPSA) is 58.6 Å². The summed E-state index contributed by atoms with van der Waals surface area (Å²) in [5.41, 5.74) is -0.393. The number of halogens is 4. The first-order valence-electron chi connectivity index (χ1n) is 9.77. The molecule has 2 unspecified atom stereocenters. The number of fused-ring (bicyclic) bond motifs is 2. The lowest BCUT2D eigenvalue weighted by molar-refractivity contribution is 0.0285. The average Bonchev–Trinajstić information content (AvgIpc) is 3.09. The van der Waals surface area contributed by atoms with Crippen molar-refractivity contribution in [1.29, 1.82) is 0 Å². The maximum Gasteiger partial charge on any atom is 0.410 e. The SMILES string of the molecule is CC(C)(C)OC(=O)N1CC2CCN(c3nc(Cl)nc4c(F)c(Br)c(Cl)cc34)CC2C1. The van der Waals surface area contributed by atoms with Crippen molar-refractivity contribution >= 4 is 61.9 Å². The summed E-state index contributed by atoms with van der Waals surface area (Å²) in [5, 5.41) is 0.749. The van der Waals surface area contributed by atoms with Crippen LogP contribution in [0.15, 0.2) is 10.5 Å².